The maximum atomic E-state index is 12.8. The number of aliphatic hydroxyl groups excluding tert-OH is 1. The molecule has 2 aromatic carbocycles. The van der Waals surface area contributed by atoms with Gasteiger partial charge in [0.2, 0.25) is 17.6 Å². The van der Waals surface area contributed by atoms with E-state index in [0.717, 1.165) is 17.0 Å². The second kappa shape index (κ2) is 8.52. The smallest absolute Gasteiger partial charge is 0.215 e. The predicted octanol–water partition coefficient (Wildman–Crippen LogP) is 4.87. The van der Waals surface area contributed by atoms with Crippen molar-refractivity contribution in [3.05, 3.63) is 89.0 Å². The van der Waals surface area contributed by atoms with Gasteiger partial charge in [-0.2, -0.15) is 0 Å². The van der Waals surface area contributed by atoms with E-state index in [4.69, 9.17) is 9.47 Å². The Balaban J connectivity index is 1.61. The highest BCUT2D eigenvalue weighted by Gasteiger charge is 2.35. The van der Waals surface area contributed by atoms with Crippen LogP contribution in [0.4, 0.5) is 5.69 Å². The van der Waals surface area contributed by atoms with Crippen molar-refractivity contribution >= 4 is 17.4 Å². The summed E-state index contributed by atoms with van der Waals surface area (Å²) in [5.74, 6) is 1.79. The molecular weight excluding hydrogens is 392 g/mol. The van der Waals surface area contributed by atoms with E-state index in [0.29, 0.717) is 24.7 Å². The number of nitrogens with zero attached hydrogens (tertiary/aromatic N) is 2. The normalized spacial score (nSPS) is 18.4. The molecule has 31 heavy (non-hydrogen) atoms. The number of ketones is 1. The van der Waals surface area contributed by atoms with Gasteiger partial charge in [0.05, 0.1) is 16.8 Å². The molecule has 0 fully saturated rings. The zero-order chi connectivity index (χ0) is 22.0. The van der Waals surface area contributed by atoms with Gasteiger partial charge in [-0.1, -0.05) is 30.3 Å². The molecular formula is C25H24N2O4. The minimum atomic E-state index is -0.280. The van der Waals surface area contributed by atoms with E-state index >= 15 is 0 Å². The third kappa shape index (κ3) is 3.84. The predicted molar refractivity (Wildman–Crippen MR) is 121 cm³/mol. The summed E-state index contributed by atoms with van der Waals surface area (Å²) < 4.78 is 11.8. The molecule has 0 atom stereocenters. The Bertz CT molecular complexity index is 1160. The quantitative estimate of drug-likeness (QED) is 0.428. The highest BCUT2D eigenvalue weighted by atomic mass is 16.5. The number of fused-ring (bicyclic) bond motifs is 1. The lowest BCUT2D eigenvalue weighted by Gasteiger charge is -2.21. The number of Topliss-reactive ketones (excluding diaryl/α,β-unsaturated/α-hetero) is 1. The molecule has 6 heteroatoms. The first-order valence-electron chi connectivity index (χ1n) is 10.3. The Morgan fingerprint density at radius 3 is 2.61 bits per heavy atom. The van der Waals surface area contributed by atoms with Crippen molar-refractivity contribution in [2.24, 2.45) is 4.99 Å². The molecule has 0 bridgehead atoms. The summed E-state index contributed by atoms with van der Waals surface area (Å²) >= 11 is 0. The largest absolute Gasteiger partial charge is 0.506 e. The van der Waals surface area contributed by atoms with Crippen LogP contribution in [-0.4, -0.2) is 29.9 Å². The number of ether oxygens (including phenoxy) is 2. The van der Waals surface area contributed by atoms with Crippen molar-refractivity contribution in [1.82, 2.24) is 0 Å². The van der Waals surface area contributed by atoms with E-state index in [2.05, 4.69) is 4.99 Å². The van der Waals surface area contributed by atoms with Crippen molar-refractivity contribution in [2.75, 3.05) is 18.0 Å². The molecule has 0 aromatic heterocycles. The fourth-order valence-electron chi connectivity index (χ4n) is 3.49. The molecule has 0 saturated carbocycles. The Hall–Kier alpha value is -3.80. The highest BCUT2D eigenvalue weighted by molar-refractivity contribution is 6.23. The summed E-state index contributed by atoms with van der Waals surface area (Å²) in [5.41, 5.74) is 2.26. The summed E-state index contributed by atoms with van der Waals surface area (Å²) in [5, 5.41) is 10.6. The number of anilines is 1. The van der Waals surface area contributed by atoms with Crippen LogP contribution in [0, 0.1) is 6.92 Å². The third-order valence-corrected chi connectivity index (χ3v) is 5.11. The zero-order valence-corrected chi connectivity index (χ0v) is 17.8. The average molecular weight is 416 g/mol. The fourth-order valence-corrected chi connectivity index (χ4v) is 3.49. The summed E-state index contributed by atoms with van der Waals surface area (Å²) in [6.07, 6.45) is 3.06. The topological polar surface area (TPSA) is 71.4 Å². The first-order valence-corrected chi connectivity index (χ1v) is 10.3. The van der Waals surface area contributed by atoms with Gasteiger partial charge in [0.15, 0.2) is 5.75 Å². The van der Waals surface area contributed by atoms with E-state index in [1.165, 1.54) is 6.08 Å². The minimum absolute atomic E-state index is 0.0923. The molecule has 1 aliphatic heterocycles. The van der Waals surface area contributed by atoms with Gasteiger partial charge in [0, 0.05) is 25.2 Å². The lowest BCUT2D eigenvalue weighted by Crippen LogP contribution is -2.26. The Labute approximate surface area is 181 Å². The van der Waals surface area contributed by atoms with Gasteiger partial charge in [-0.15, -0.1) is 0 Å². The molecule has 4 rings (SSSR count). The second-order valence-corrected chi connectivity index (χ2v) is 7.13. The van der Waals surface area contributed by atoms with E-state index in [-0.39, 0.29) is 28.6 Å². The number of aliphatic imine (C=N–C) groups is 1. The maximum absolute atomic E-state index is 12.8. The van der Waals surface area contributed by atoms with Crippen LogP contribution in [0.2, 0.25) is 0 Å². The molecule has 1 N–H and O–H groups in total. The van der Waals surface area contributed by atoms with Crippen molar-refractivity contribution in [3.63, 3.8) is 0 Å². The second-order valence-electron chi connectivity index (χ2n) is 7.13. The lowest BCUT2D eigenvalue weighted by atomic mass is 9.87. The molecule has 0 amide bonds. The van der Waals surface area contributed by atoms with E-state index in [9.17, 15) is 9.90 Å². The molecule has 6 nitrogen and oxygen atoms in total. The minimum Gasteiger partial charge on any atom is -0.506 e. The van der Waals surface area contributed by atoms with Gasteiger partial charge < -0.3 is 19.5 Å². The monoisotopic (exact) mass is 416 g/mol. The molecule has 0 saturated heterocycles. The van der Waals surface area contributed by atoms with Gasteiger partial charge in [-0.05, 0) is 44.5 Å². The van der Waals surface area contributed by atoms with Crippen LogP contribution in [-0.2, 0) is 4.79 Å². The molecule has 1 heterocycles. The molecule has 0 unspecified atom stereocenters. The van der Waals surface area contributed by atoms with Gasteiger partial charge in [-0.3, -0.25) is 9.79 Å². The number of para-hydroxylation sites is 3. The summed E-state index contributed by atoms with van der Waals surface area (Å²) in [6, 6.07) is 15.2. The van der Waals surface area contributed by atoms with Crippen LogP contribution in [0.5, 0.6) is 11.5 Å². The van der Waals surface area contributed by atoms with Crippen LogP contribution >= 0.6 is 0 Å². The van der Waals surface area contributed by atoms with Crippen molar-refractivity contribution in [3.8, 4) is 11.5 Å². The van der Waals surface area contributed by atoms with Crippen molar-refractivity contribution < 1.29 is 19.4 Å². The van der Waals surface area contributed by atoms with Crippen LogP contribution in [0.15, 0.2) is 88.5 Å². The van der Waals surface area contributed by atoms with E-state index in [1.54, 1.807) is 6.08 Å². The van der Waals surface area contributed by atoms with Crippen LogP contribution < -0.4 is 14.4 Å². The molecule has 0 spiro atoms. The first kappa shape index (κ1) is 20.5. The zero-order valence-electron chi connectivity index (χ0n) is 17.8. The number of allylic oxidation sites excluding steroid dienone is 3. The van der Waals surface area contributed by atoms with Crippen molar-refractivity contribution in [1.29, 1.82) is 0 Å². The lowest BCUT2D eigenvalue weighted by molar-refractivity contribution is -0.113. The molecule has 2 aliphatic rings. The SMILES string of the molecule is CC/N=C(\C=C1/C(=O)C(/C=C2\Oc3ccccc3N2CC)=C1O)Oc1ccccc1C. The standard InChI is InChI=1S/C25H24N2O4/c1-4-26-22(30-20-12-8-6-10-16(20)3)14-17-24(28)18(25(17)29)15-23-27(5-2)19-11-7-9-13-21(19)31-23/h6-15,28H,4-5H2,1-3H3/b17-14-,23-15-,26-22+. The number of hydrogen-bond acceptors (Lipinski definition) is 6. The fraction of sp³-hybridized carbons (Fsp3) is 0.200. The summed E-state index contributed by atoms with van der Waals surface area (Å²) in [4.78, 5) is 19.0. The maximum Gasteiger partial charge on any atom is 0.215 e. The van der Waals surface area contributed by atoms with Crippen LogP contribution in [0.25, 0.3) is 0 Å². The summed E-state index contributed by atoms with van der Waals surface area (Å²) in [6.45, 7) is 6.96. The first-order chi connectivity index (χ1) is 15.0. The number of rotatable bonds is 5. The van der Waals surface area contributed by atoms with E-state index in [1.807, 2.05) is 74.2 Å². The van der Waals surface area contributed by atoms with Crippen LogP contribution in [0.1, 0.15) is 19.4 Å². The number of carbonyl (C=O) groups is 1. The van der Waals surface area contributed by atoms with Gasteiger partial charge >= 0.3 is 0 Å². The van der Waals surface area contributed by atoms with E-state index < -0.39 is 0 Å². The Morgan fingerprint density at radius 2 is 1.90 bits per heavy atom. The highest BCUT2D eigenvalue weighted by Crippen LogP contribution is 2.40. The van der Waals surface area contributed by atoms with Crippen LogP contribution in [0.3, 0.4) is 0 Å². The molecule has 1 aliphatic carbocycles. The molecule has 2 aromatic rings. The number of aryl methyl sites for hydroxylation is 1. The van der Waals surface area contributed by atoms with Crippen molar-refractivity contribution in [2.45, 2.75) is 20.8 Å². The average Bonchev–Trinajstić information content (AvgIpc) is 3.14. The molecule has 158 valence electrons. The number of aliphatic hydroxyl groups is 1. The van der Waals surface area contributed by atoms with Gasteiger partial charge in [0.25, 0.3) is 0 Å². The third-order valence-electron chi connectivity index (χ3n) is 5.11. The number of carbonyl (C=O) groups excluding carboxylic acids is 1. The molecule has 0 radical (unpaired) electrons. The number of hydrogen-bond donors (Lipinski definition) is 1. The number of benzene rings is 2. The van der Waals surface area contributed by atoms with Gasteiger partial charge in [0.1, 0.15) is 11.5 Å². The summed E-state index contributed by atoms with van der Waals surface area (Å²) in [7, 11) is 0. The Kier molecular flexibility index (Phi) is 5.62. The van der Waals surface area contributed by atoms with Gasteiger partial charge in [-0.25, -0.2) is 0 Å². The Morgan fingerprint density at radius 1 is 1.16 bits per heavy atom.